The van der Waals surface area contributed by atoms with E-state index in [1.54, 1.807) is 0 Å². The Morgan fingerprint density at radius 2 is 1.21 bits per heavy atom. The molecule has 29 heavy (non-hydrogen) atoms. The number of benzene rings is 1. The Kier molecular flexibility index (Phi) is 16.5. The number of unbranched alkanes of at least 4 members (excludes halogenated alkanes) is 14. The van der Waals surface area contributed by atoms with Crippen molar-refractivity contribution in [2.24, 2.45) is 5.73 Å². The molecule has 0 aromatic heterocycles. The number of carbonyl (C=O) groups excluding carboxylic acids is 1. The third kappa shape index (κ3) is 15.2. The minimum atomic E-state index is -0.561. The molecule has 1 rings (SSSR count). The Morgan fingerprint density at radius 3 is 1.69 bits per heavy atom. The number of ether oxygens (including phenoxy) is 1. The summed E-state index contributed by atoms with van der Waals surface area (Å²) < 4.78 is 5.33. The van der Waals surface area contributed by atoms with Crippen LogP contribution in [0.3, 0.4) is 0 Å². The number of esters is 1. The van der Waals surface area contributed by atoms with Gasteiger partial charge in [0.2, 0.25) is 0 Å². The second-order valence-electron chi connectivity index (χ2n) is 8.41. The zero-order valence-electron chi connectivity index (χ0n) is 18.9. The van der Waals surface area contributed by atoms with Crippen molar-refractivity contribution in [3.63, 3.8) is 0 Å². The highest BCUT2D eigenvalue weighted by atomic mass is 16.5. The van der Waals surface area contributed by atoms with Crippen LogP contribution in [0, 0.1) is 0 Å². The van der Waals surface area contributed by atoms with Crippen LogP contribution in [-0.4, -0.2) is 18.6 Å². The average Bonchev–Trinajstić information content (AvgIpc) is 2.74. The first-order valence-corrected chi connectivity index (χ1v) is 12.2. The molecule has 0 heterocycles. The van der Waals surface area contributed by atoms with Crippen molar-refractivity contribution in [2.75, 3.05) is 6.61 Å². The molecule has 0 saturated carbocycles. The highest BCUT2D eigenvalue weighted by molar-refractivity contribution is 5.75. The minimum absolute atomic E-state index is 0.279. The Morgan fingerprint density at radius 1 is 0.759 bits per heavy atom. The Balaban J connectivity index is 1.82. The lowest BCUT2D eigenvalue weighted by Crippen LogP contribution is -2.34. The summed E-state index contributed by atoms with van der Waals surface area (Å²) in [5, 5.41) is 0. The van der Waals surface area contributed by atoms with E-state index in [2.05, 4.69) is 6.92 Å². The van der Waals surface area contributed by atoms with Gasteiger partial charge in [0.15, 0.2) is 0 Å². The molecule has 0 aliphatic carbocycles. The van der Waals surface area contributed by atoms with Gasteiger partial charge in [-0.2, -0.15) is 0 Å². The van der Waals surface area contributed by atoms with Gasteiger partial charge >= 0.3 is 5.97 Å². The van der Waals surface area contributed by atoms with E-state index in [0.717, 1.165) is 18.4 Å². The van der Waals surface area contributed by atoms with Gasteiger partial charge < -0.3 is 10.5 Å². The summed E-state index contributed by atoms with van der Waals surface area (Å²) in [4.78, 5) is 11.9. The van der Waals surface area contributed by atoms with Crippen LogP contribution in [0.4, 0.5) is 0 Å². The summed E-state index contributed by atoms with van der Waals surface area (Å²) in [5.74, 6) is -0.279. The van der Waals surface area contributed by atoms with Crippen molar-refractivity contribution in [3.8, 4) is 0 Å². The maximum absolute atomic E-state index is 11.9. The molecule has 0 saturated heterocycles. The van der Waals surface area contributed by atoms with Crippen molar-refractivity contribution >= 4 is 5.97 Å². The van der Waals surface area contributed by atoms with Crippen LogP contribution in [0.15, 0.2) is 30.3 Å². The SMILES string of the molecule is CCCCCCCCCCCCCCCCCOC(=O)C(N)Cc1ccccc1. The van der Waals surface area contributed by atoms with Crippen LogP contribution in [0.5, 0.6) is 0 Å². The van der Waals surface area contributed by atoms with Crippen LogP contribution in [0.2, 0.25) is 0 Å². The normalized spacial score (nSPS) is 12.1. The maximum atomic E-state index is 11.9. The van der Waals surface area contributed by atoms with Crippen molar-refractivity contribution in [3.05, 3.63) is 35.9 Å². The molecule has 0 fully saturated rings. The second-order valence-corrected chi connectivity index (χ2v) is 8.41. The average molecular weight is 404 g/mol. The number of hydrogen-bond donors (Lipinski definition) is 1. The number of carbonyl (C=O) groups is 1. The monoisotopic (exact) mass is 403 g/mol. The second kappa shape index (κ2) is 18.7. The number of nitrogens with two attached hydrogens (primary N) is 1. The van der Waals surface area contributed by atoms with E-state index in [4.69, 9.17) is 10.5 Å². The molecule has 166 valence electrons. The largest absolute Gasteiger partial charge is 0.465 e. The first-order chi connectivity index (χ1) is 14.2. The molecule has 1 aromatic carbocycles. The molecular weight excluding hydrogens is 358 g/mol. The van der Waals surface area contributed by atoms with E-state index < -0.39 is 6.04 Å². The third-order valence-electron chi connectivity index (χ3n) is 5.59. The van der Waals surface area contributed by atoms with Crippen LogP contribution in [0.1, 0.15) is 109 Å². The Bertz CT molecular complexity index is 489. The van der Waals surface area contributed by atoms with E-state index >= 15 is 0 Å². The van der Waals surface area contributed by atoms with Crippen LogP contribution in [0.25, 0.3) is 0 Å². The smallest absolute Gasteiger partial charge is 0.323 e. The predicted molar refractivity (Wildman–Crippen MR) is 124 cm³/mol. The van der Waals surface area contributed by atoms with Gasteiger partial charge in [-0.15, -0.1) is 0 Å². The van der Waals surface area contributed by atoms with Gasteiger partial charge in [-0.05, 0) is 18.4 Å². The molecule has 0 amide bonds. The molecule has 0 aliphatic heterocycles. The lowest BCUT2D eigenvalue weighted by atomic mass is 10.0. The van der Waals surface area contributed by atoms with Gasteiger partial charge in [-0.1, -0.05) is 127 Å². The van der Waals surface area contributed by atoms with Gasteiger partial charge in [0.05, 0.1) is 6.61 Å². The van der Waals surface area contributed by atoms with Crippen molar-refractivity contribution < 1.29 is 9.53 Å². The summed E-state index contributed by atoms with van der Waals surface area (Å²) in [6.07, 6.45) is 20.6. The van der Waals surface area contributed by atoms with Crippen molar-refractivity contribution in [1.82, 2.24) is 0 Å². The summed E-state index contributed by atoms with van der Waals surface area (Å²) in [6.45, 7) is 2.78. The Hall–Kier alpha value is -1.35. The fourth-order valence-corrected chi connectivity index (χ4v) is 3.70. The summed E-state index contributed by atoms with van der Waals surface area (Å²) in [6, 6.07) is 9.30. The summed E-state index contributed by atoms with van der Waals surface area (Å²) in [5.41, 5.74) is 7.01. The minimum Gasteiger partial charge on any atom is -0.465 e. The molecule has 3 nitrogen and oxygen atoms in total. The molecule has 1 atom stereocenters. The zero-order chi connectivity index (χ0) is 21.0. The van der Waals surface area contributed by atoms with E-state index in [9.17, 15) is 4.79 Å². The first-order valence-electron chi connectivity index (χ1n) is 12.2. The fraction of sp³-hybridized carbons (Fsp3) is 0.731. The molecule has 1 unspecified atom stereocenters. The molecule has 0 radical (unpaired) electrons. The van der Waals surface area contributed by atoms with Gasteiger partial charge in [0.25, 0.3) is 0 Å². The van der Waals surface area contributed by atoms with Crippen molar-refractivity contribution in [2.45, 2.75) is 116 Å². The van der Waals surface area contributed by atoms with Crippen LogP contribution >= 0.6 is 0 Å². The molecule has 3 heteroatoms. The maximum Gasteiger partial charge on any atom is 0.323 e. The first kappa shape index (κ1) is 25.7. The molecule has 2 N–H and O–H groups in total. The molecule has 0 aliphatic rings. The lowest BCUT2D eigenvalue weighted by molar-refractivity contribution is -0.145. The van der Waals surface area contributed by atoms with Crippen molar-refractivity contribution in [1.29, 1.82) is 0 Å². The van der Waals surface area contributed by atoms with Crippen LogP contribution < -0.4 is 5.73 Å². The van der Waals surface area contributed by atoms with Gasteiger partial charge in [0, 0.05) is 0 Å². The predicted octanol–water partition coefficient (Wildman–Crippen LogP) is 6.97. The zero-order valence-corrected chi connectivity index (χ0v) is 18.9. The highest BCUT2D eigenvalue weighted by Gasteiger charge is 2.15. The summed E-state index contributed by atoms with van der Waals surface area (Å²) >= 11 is 0. The van der Waals surface area contributed by atoms with Gasteiger partial charge in [0.1, 0.15) is 6.04 Å². The molecule has 1 aromatic rings. The quantitative estimate of drug-likeness (QED) is 0.200. The van der Waals surface area contributed by atoms with Gasteiger partial charge in [-0.25, -0.2) is 0 Å². The molecule has 0 bridgehead atoms. The Labute approximate surface area is 179 Å². The van der Waals surface area contributed by atoms with E-state index in [1.165, 1.54) is 83.5 Å². The topological polar surface area (TPSA) is 52.3 Å². The van der Waals surface area contributed by atoms with Gasteiger partial charge in [-0.3, -0.25) is 4.79 Å². The van der Waals surface area contributed by atoms with E-state index in [1.807, 2.05) is 30.3 Å². The fourth-order valence-electron chi connectivity index (χ4n) is 3.70. The van der Waals surface area contributed by atoms with E-state index in [-0.39, 0.29) is 5.97 Å². The summed E-state index contributed by atoms with van der Waals surface area (Å²) in [7, 11) is 0. The third-order valence-corrected chi connectivity index (χ3v) is 5.59. The highest BCUT2D eigenvalue weighted by Crippen LogP contribution is 2.13. The van der Waals surface area contributed by atoms with Crippen LogP contribution in [-0.2, 0) is 16.0 Å². The number of rotatable bonds is 19. The molecule has 0 spiro atoms. The van der Waals surface area contributed by atoms with E-state index in [0.29, 0.717) is 13.0 Å². The lowest BCUT2D eigenvalue weighted by Gasteiger charge is -2.11. The molecular formula is C26H45NO2. The standard InChI is InChI=1S/C26H45NO2/c1-2-3-4-5-6-7-8-9-10-11-12-13-14-15-19-22-29-26(28)25(27)23-24-20-17-16-18-21-24/h16-18,20-21,25H,2-15,19,22-23,27H2,1H3. The number of hydrogen-bond acceptors (Lipinski definition) is 3.